The van der Waals surface area contributed by atoms with Gasteiger partial charge in [0.05, 0.1) is 31.7 Å². The molecule has 0 saturated heterocycles. The lowest BCUT2D eigenvalue weighted by Crippen LogP contribution is -2.30. The smallest absolute Gasteiger partial charge is 0.340 e. The van der Waals surface area contributed by atoms with Crippen molar-refractivity contribution in [1.29, 1.82) is 0 Å². The first-order valence-electron chi connectivity index (χ1n) is 11.3. The van der Waals surface area contributed by atoms with Gasteiger partial charge in [-0.3, -0.25) is 4.31 Å². The molecule has 0 amide bonds. The molecule has 3 aromatic carbocycles. The predicted molar refractivity (Wildman–Crippen MR) is 138 cm³/mol. The number of anilines is 1. The summed E-state index contributed by atoms with van der Waals surface area (Å²) in [5.41, 5.74) is 1.26. The lowest BCUT2D eigenvalue weighted by atomic mass is 10.0. The molecular formula is C27H26FNO7S. The number of fused-ring (bicyclic) bond motifs is 1. The first kappa shape index (κ1) is 26.0. The van der Waals surface area contributed by atoms with Crippen molar-refractivity contribution in [2.75, 3.05) is 17.7 Å². The average Bonchev–Trinajstić information content (AvgIpc) is 3.20. The van der Waals surface area contributed by atoms with Crippen molar-refractivity contribution in [2.24, 2.45) is 0 Å². The van der Waals surface area contributed by atoms with Crippen LogP contribution in [-0.2, 0) is 16.6 Å². The van der Waals surface area contributed by atoms with E-state index in [1.54, 1.807) is 38.1 Å². The summed E-state index contributed by atoms with van der Waals surface area (Å²) >= 11 is 0. The maximum Gasteiger partial charge on any atom is 0.340 e. The molecule has 0 saturated carbocycles. The number of benzene rings is 3. The van der Waals surface area contributed by atoms with Crippen molar-refractivity contribution in [2.45, 2.75) is 26.5 Å². The minimum atomic E-state index is -3.81. The van der Waals surface area contributed by atoms with Crippen molar-refractivity contribution in [3.05, 3.63) is 77.6 Å². The minimum absolute atomic E-state index is 0.0138. The number of sulfonamides is 1. The summed E-state index contributed by atoms with van der Waals surface area (Å²) in [6, 6.07) is 15.1. The maximum atomic E-state index is 13.5. The van der Waals surface area contributed by atoms with Crippen LogP contribution in [0.2, 0.25) is 0 Å². The second kappa shape index (κ2) is 10.1. The number of halogens is 1. The van der Waals surface area contributed by atoms with Gasteiger partial charge in [-0.15, -0.1) is 0 Å². The second-order valence-electron chi connectivity index (χ2n) is 8.72. The van der Waals surface area contributed by atoms with E-state index >= 15 is 0 Å². The number of aromatic carboxylic acids is 1. The Morgan fingerprint density at radius 3 is 2.27 bits per heavy atom. The van der Waals surface area contributed by atoms with E-state index in [1.165, 1.54) is 47.8 Å². The number of carbonyl (C=O) groups is 1. The molecule has 10 heteroatoms. The van der Waals surface area contributed by atoms with Gasteiger partial charge in [0.25, 0.3) is 0 Å². The molecule has 0 aliphatic rings. The Kier molecular flexibility index (Phi) is 7.13. The number of nitrogens with zero attached hydrogens (tertiary/aromatic N) is 1. The summed E-state index contributed by atoms with van der Waals surface area (Å²) < 4.78 is 57.6. The monoisotopic (exact) mass is 527 g/mol. The van der Waals surface area contributed by atoms with Crippen LogP contribution in [0.4, 0.5) is 10.1 Å². The molecule has 0 aliphatic heterocycles. The fourth-order valence-electron chi connectivity index (χ4n) is 3.95. The van der Waals surface area contributed by atoms with E-state index in [4.69, 9.17) is 13.9 Å². The molecule has 0 spiro atoms. The van der Waals surface area contributed by atoms with Crippen LogP contribution in [0.3, 0.4) is 0 Å². The molecular weight excluding hydrogens is 501 g/mol. The number of carboxylic acid groups (broad SMARTS) is 1. The quantitative estimate of drug-likeness (QED) is 0.298. The van der Waals surface area contributed by atoms with Gasteiger partial charge in [0, 0.05) is 17.0 Å². The lowest BCUT2D eigenvalue weighted by molar-refractivity contribution is 0.0699. The Balaban J connectivity index is 1.93. The standard InChI is InChI=1S/C27H26FNO7S/c1-16(2)35-24-13-21-23(36-26(25(21)27(30)31)18-7-9-19(28)10-8-18)14-22(24)29(37(4,32)33)15-17-5-11-20(34-3)12-6-17/h5-14,16H,15H2,1-4H3,(H,30,31). The topological polar surface area (TPSA) is 106 Å². The van der Waals surface area contributed by atoms with Crippen molar-refractivity contribution >= 4 is 32.6 Å². The van der Waals surface area contributed by atoms with E-state index < -0.39 is 21.8 Å². The summed E-state index contributed by atoms with van der Waals surface area (Å²) in [7, 11) is -2.27. The molecule has 4 rings (SSSR count). The Morgan fingerprint density at radius 1 is 1.08 bits per heavy atom. The number of methoxy groups -OCH3 is 1. The van der Waals surface area contributed by atoms with E-state index in [0.717, 1.165) is 6.26 Å². The van der Waals surface area contributed by atoms with Crippen LogP contribution in [-0.4, -0.2) is 39.0 Å². The van der Waals surface area contributed by atoms with Crippen molar-refractivity contribution in [1.82, 2.24) is 0 Å². The fraction of sp³-hybridized carbons (Fsp3) is 0.222. The number of carboxylic acids is 1. The SMILES string of the molecule is COc1ccc(CN(c2cc3oc(-c4ccc(F)cc4)c(C(=O)O)c3cc2OC(C)C)S(C)(=O)=O)cc1. The van der Waals surface area contributed by atoms with Crippen LogP contribution in [0, 0.1) is 5.82 Å². The molecule has 1 heterocycles. The third-order valence-corrected chi connectivity index (χ3v) is 6.73. The van der Waals surface area contributed by atoms with Gasteiger partial charge < -0.3 is 19.0 Å². The maximum absolute atomic E-state index is 13.5. The highest BCUT2D eigenvalue weighted by Gasteiger charge is 2.28. The van der Waals surface area contributed by atoms with Gasteiger partial charge in [-0.05, 0) is 61.9 Å². The summed E-state index contributed by atoms with van der Waals surface area (Å²) in [4.78, 5) is 12.3. The molecule has 37 heavy (non-hydrogen) atoms. The number of ether oxygens (including phenoxy) is 2. The van der Waals surface area contributed by atoms with Crippen LogP contribution in [0.15, 0.2) is 65.1 Å². The summed E-state index contributed by atoms with van der Waals surface area (Å²) in [5.74, 6) is -0.898. The summed E-state index contributed by atoms with van der Waals surface area (Å²) in [6.07, 6.45) is 0.740. The first-order chi connectivity index (χ1) is 17.5. The van der Waals surface area contributed by atoms with Crippen LogP contribution < -0.4 is 13.8 Å². The van der Waals surface area contributed by atoms with Crippen LogP contribution in [0.5, 0.6) is 11.5 Å². The van der Waals surface area contributed by atoms with E-state index in [1.807, 2.05) is 0 Å². The zero-order valence-electron chi connectivity index (χ0n) is 20.7. The second-order valence-corrected chi connectivity index (χ2v) is 10.6. The molecule has 4 aromatic rings. The number of furan rings is 1. The summed E-state index contributed by atoms with van der Waals surface area (Å²) in [5, 5.41) is 10.2. The van der Waals surface area contributed by atoms with Crippen LogP contribution >= 0.6 is 0 Å². The summed E-state index contributed by atoms with van der Waals surface area (Å²) in [6.45, 7) is 3.54. The molecule has 8 nitrogen and oxygen atoms in total. The average molecular weight is 528 g/mol. The number of hydrogen-bond donors (Lipinski definition) is 1. The van der Waals surface area contributed by atoms with Crippen LogP contribution in [0.1, 0.15) is 29.8 Å². The van der Waals surface area contributed by atoms with Crippen molar-refractivity contribution < 1.29 is 36.6 Å². The van der Waals surface area contributed by atoms with Gasteiger partial charge in [-0.2, -0.15) is 0 Å². The molecule has 1 aromatic heterocycles. The van der Waals surface area contributed by atoms with Crippen molar-refractivity contribution in [3.63, 3.8) is 0 Å². The highest BCUT2D eigenvalue weighted by molar-refractivity contribution is 7.92. The minimum Gasteiger partial charge on any atom is -0.497 e. The van der Waals surface area contributed by atoms with Gasteiger partial charge in [-0.1, -0.05) is 12.1 Å². The van der Waals surface area contributed by atoms with Gasteiger partial charge in [-0.25, -0.2) is 17.6 Å². The zero-order valence-corrected chi connectivity index (χ0v) is 21.5. The fourth-order valence-corrected chi connectivity index (χ4v) is 4.83. The van der Waals surface area contributed by atoms with Gasteiger partial charge in [0.1, 0.15) is 34.2 Å². The van der Waals surface area contributed by atoms with Gasteiger partial charge in [0.15, 0.2) is 0 Å². The van der Waals surface area contributed by atoms with E-state index in [0.29, 0.717) is 16.9 Å². The third kappa shape index (κ3) is 5.54. The van der Waals surface area contributed by atoms with E-state index in [-0.39, 0.29) is 46.4 Å². The molecule has 0 atom stereocenters. The van der Waals surface area contributed by atoms with E-state index in [9.17, 15) is 22.7 Å². The lowest BCUT2D eigenvalue weighted by Gasteiger charge is -2.26. The molecule has 1 N–H and O–H groups in total. The molecule has 194 valence electrons. The van der Waals surface area contributed by atoms with E-state index in [2.05, 4.69) is 0 Å². The Morgan fingerprint density at radius 2 is 1.73 bits per heavy atom. The Bertz CT molecular complexity index is 1540. The highest BCUT2D eigenvalue weighted by atomic mass is 32.2. The molecule has 0 radical (unpaired) electrons. The predicted octanol–water partition coefficient (Wildman–Crippen LogP) is 5.70. The zero-order chi connectivity index (χ0) is 26.9. The normalized spacial score (nSPS) is 11.6. The molecule has 0 bridgehead atoms. The highest BCUT2D eigenvalue weighted by Crippen LogP contribution is 2.42. The van der Waals surface area contributed by atoms with Gasteiger partial charge >= 0.3 is 5.97 Å². The molecule has 0 fully saturated rings. The largest absolute Gasteiger partial charge is 0.497 e. The molecule has 0 unspecified atom stereocenters. The van der Waals surface area contributed by atoms with Gasteiger partial charge in [0.2, 0.25) is 10.0 Å². The Hall–Kier alpha value is -4.05. The van der Waals surface area contributed by atoms with Crippen LogP contribution in [0.25, 0.3) is 22.3 Å². The number of hydrogen-bond acceptors (Lipinski definition) is 6. The van der Waals surface area contributed by atoms with Crippen molar-refractivity contribution in [3.8, 4) is 22.8 Å². The Labute approximate surface area is 213 Å². The third-order valence-electron chi connectivity index (χ3n) is 5.61. The molecule has 0 aliphatic carbocycles. The number of rotatable bonds is 9. The first-order valence-corrected chi connectivity index (χ1v) is 13.2.